The number of para-hydroxylation sites is 1. The number of aliphatic carboxylic acids is 1. The predicted molar refractivity (Wildman–Crippen MR) is 160 cm³/mol. The summed E-state index contributed by atoms with van der Waals surface area (Å²) in [5.41, 5.74) is 14.1. The van der Waals surface area contributed by atoms with Crippen LogP contribution in [-0.2, 0) is 32.0 Å². The highest BCUT2D eigenvalue weighted by Gasteiger charge is 2.30. The lowest BCUT2D eigenvalue weighted by Gasteiger charge is -2.24. The summed E-state index contributed by atoms with van der Waals surface area (Å²) in [6.45, 7) is 0.408. The van der Waals surface area contributed by atoms with Crippen molar-refractivity contribution in [2.75, 3.05) is 12.3 Å². The molecule has 220 valence electrons. The van der Waals surface area contributed by atoms with E-state index in [0.717, 1.165) is 22.0 Å². The van der Waals surface area contributed by atoms with Crippen LogP contribution in [0.3, 0.4) is 0 Å². The number of aromatic amines is 1. The van der Waals surface area contributed by atoms with E-state index in [1.807, 2.05) is 54.6 Å². The minimum atomic E-state index is -1.18. The molecule has 0 aliphatic rings. The number of carboxylic acids is 1. The molecule has 0 bridgehead atoms. The van der Waals surface area contributed by atoms with Gasteiger partial charge in [0, 0.05) is 29.3 Å². The average molecular weight is 583 g/mol. The highest BCUT2D eigenvalue weighted by molar-refractivity contribution is 7.80. The maximum atomic E-state index is 13.4. The molecule has 12 heteroatoms. The van der Waals surface area contributed by atoms with E-state index in [1.165, 1.54) is 0 Å². The van der Waals surface area contributed by atoms with Crippen molar-refractivity contribution in [3.63, 3.8) is 0 Å². The molecule has 0 aliphatic carbocycles. The van der Waals surface area contributed by atoms with Crippen LogP contribution in [0.25, 0.3) is 10.9 Å². The van der Waals surface area contributed by atoms with Crippen molar-refractivity contribution in [1.29, 1.82) is 0 Å². The average Bonchev–Trinajstić information content (AvgIpc) is 3.37. The van der Waals surface area contributed by atoms with E-state index < -0.39 is 47.9 Å². The smallest absolute Gasteiger partial charge is 0.326 e. The molecule has 3 rings (SSSR count). The van der Waals surface area contributed by atoms with Crippen LogP contribution in [0.15, 0.2) is 60.8 Å². The second kappa shape index (κ2) is 15.8. The number of fused-ring (bicyclic) bond motifs is 1. The Morgan fingerprint density at radius 2 is 1.46 bits per heavy atom. The monoisotopic (exact) mass is 582 g/mol. The number of H-pyrrole nitrogens is 1. The zero-order chi connectivity index (χ0) is 29.8. The molecule has 0 aliphatic heterocycles. The Morgan fingerprint density at radius 3 is 2.15 bits per heavy atom. The minimum Gasteiger partial charge on any atom is -0.480 e. The van der Waals surface area contributed by atoms with Gasteiger partial charge in [0.25, 0.3) is 0 Å². The van der Waals surface area contributed by atoms with E-state index in [-0.39, 0.29) is 25.0 Å². The molecule has 2 aromatic carbocycles. The molecule has 9 N–H and O–H groups in total. The molecule has 0 saturated heterocycles. The van der Waals surface area contributed by atoms with Gasteiger partial charge in [0.2, 0.25) is 17.7 Å². The van der Waals surface area contributed by atoms with Crippen LogP contribution >= 0.6 is 12.6 Å². The lowest BCUT2D eigenvalue weighted by atomic mass is 10.0. The molecule has 11 nitrogen and oxygen atoms in total. The number of thiol groups is 1. The molecule has 3 aromatic rings. The topological polar surface area (TPSA) is 192 Å². The fraction of sp³-hybridized carbons (Fsp3) is 0.379. The number of amides is 3. The minimum absolute atomic E-state index is 0.0477. The van der Waals surface area contributed by atoms with E-state index in [0.29, 0.717) is 19.4 Å². The number of carbonyl (C=O) groups excluding carboxylic acids is 3. The predicted octanol–water partition coefficient (Wildman–Crippen LogP) is 0.878. The number of nitrogens with one attached hydrogen (secondary N) is 4. The van der Waals surface area contributed by atoms with Crippen molar-refractivity contribution in [3.8, 4) is 0 Å². The van der Waals surface area contributed by atoms with Gasteiger partial charge in [0.05, 0.1) is 6.04 Å². The number of unbranched alkanes of at least 4 members (excludes halogenated alkanes) is 1. The van der Waals surface area contributed by atoms with Gasteiger partial charge in [0.1, 0.15) is 18.1 Å². The van der Waals surface area contributed by atoms with E-state index in [4.69, 9.17) is 11.5 Å². The van der Waals surface area contributed by atoms with E-state index >= 15 is 0 Å². The summed E-state index contributed by atoms with van der Waals surface area (Å²) < 4.78 is 0. The third-order valence-corrected chi connectivity index (χ3v) is 7.11. The summed E-state index contributed by atoms with van der Waals surface area (Å²) >= 11 is 4.23. The number of carboxylic acid groups (broad SMARTS) is 1. The molecule has 0 fully saturated rings. The zero-order valence-corrected chi connectivity index (χ0v) is 23.6. The number of hydrogen-bond donors (Lipinski definition) is 8. The molecule has 4 atom stereocenters. The molecule has 4 unspecified atom stereocenters. The summed E-state index contributed by atoms with van der Waals surface area (Å²) in [6.07, 6.45) is 3.43. The molecule has 3 amide bonds. The zero-order valence-electron chi connectivity index (χ0n) is 22.7. The number of aromatic nitrogens is 1. The van der Waals surface area contributed by atoms with E-state index in [2.05, 4.69) is 33.6 Å². The van der Waals surface area contributed by atoms with Crippen molar-refractivity contribution >= 4 is 47.2 Å². The van der Waals surface area contributed by atoms with Gasteiger partial charge in [-0.25, -0.2) is 4.79 Å². The first-order valence-electron chi connectivity index (χ1n) is 13.5. The highest BCUT2D eigenvalue weighted by atomic mass is 32.1. The second-order valence-electron chi connectivity index (χ2n) is 9.85. The molecular weight excluding hydrogens is 544 g/mol. The number of benzene rings is 2. The molecule has 41 heavy (non-hydrogen) atoms. The van der Waals surface area contributed by atoms with Crippen molar-refractivity contribution in [2.24, 2.45) is 11.5 Å². The summed E-state index contributed by atoms with van der Waals surface area (Å²) in [6, 6.07) is 12.5. The Bertz CT molecular complexity index is 1320. The summed E-state index contributed by atoms with van der Waals surface area (Å²) in [5.74, 6) is -3.07. The van der Waals surface area contributed by atoms with Gasteiger partial charge in [-0.1, -0.05) is 48.5 Å². The first kappa shape index (κ1) is 31.7. The standard InChI is InChI=1S/C29H38N6O5S/c30-13-7-6-12-23(29(39)40)33-27(37)24(15-19-16-32-22-11-5-4-10-20(19)22)34-28(38)25(17-41)35-26(36)21(31)14-18-8-2-1-3-9-18/h1-5,8-11,16,21,23-25,32,41H,6-7,12-15,17,30-31H2,(H,33,37)(H,34,38)(H,35,36)(H,39,40). The normalized spacial score (nSPS) is 14.0. The van der Waals surface area contributed by atoms with Gasteiger partial charge in [-0.05, 0) is 49.4 Å². The fourth-order valence-electron chi connectivity index (χ4n) is 4.46. The number of nitrogens with two attached hydrogens (primary N) is 2. The Balaban J connectivity index is 1.75. The number of carbonyl (C=O) groups is 4. The molecule has 0 saturated carbocycles. The Morgan fingerprint density at radius 1 is 0.829 bits per heavy atom. The maximum absolute atomic E-state index is 13.4. The fourth-order valence-corrected chi connectivity index (χ4v) is 4.72. The number of rotatable bonds is 16. The Labute approximate surface area is 244 Å². The van der Waals surface area contributed by atoms with Crippen LogP contribution in [0.5, 0.6) is 0 Å². The Kier molecular flexibility index (Phi) is 12.2. The Hall–Kier alpha value is -3.87. The van der Waals surface area contributed by atoms with Gasteiger partial charge in [-0.3, -0.25) is 14.4 Å². The summed E-state index contributed by atoms with van der Waals surface area (Å²) in [4.78, 5) is 54.4. The quantitative estimate of drug-likeness (QED) is 0.0907. The first-order valence-corrected chi connectivity index (χ1v) is 14.2. The van der Waals surface area contributed by atoms with E-state index in [9.17, 15) is 24.3 Å². The maximum Gasteiger partial charge on any atom is 0.326 e. The van der Waals surface area contributed by atoms with Crippen LogP contribution in [-0.4, -0.2) is 70.2 Å². The van der Waals surface area contributed by atoms with Crippen molar-refractivity contribution < 1.29 is 24.3 Å². The first-order chi connectivity index (χ1) is 19.7. The van der Waals surface area contributed by atoms with E-state index in [1.54, 1.807) is 6.20 Å². The number of hydrogen-bond acceptors (Lipinski definition) is 7. The molecule has 1 aromatic heterocycles. The highest BCUT2D eigenvalue weighted by Crippen LogP contribution is 2.19. The van der Waals surface area contributed by atoms with Gasteiger partial charge in [-0.15, -0.1) is 0 Å². The third kappa shape index (κ3) is 9.34. The molecule has 1 heterocycles. The summed E-state index contributed by atoms with van der Waals surface area (Å²) in [5, 5.41) is 18.4. The van der Waals surface area contributed by atoms with Crippen LogP contribution in [0.1, 0.15) is 30.4 Å². The van der Waals surface area contributed by atoms with Crippen molar-refractivity contribution in [1.82, 2.24) is 20.9 Å². The van der Waals surface area contributed by atoms with Gasteiger partial charge in [-0.2, -0.15) is 12.6 Å². The van der Waals surface area contributed by atoms with Gasteiger partial charge < -0.3 is 37.5 Å². The van der Waals surface area contributed by atoms with Crippen LogP contribution in [0.2, 0.25) is 0 Å². The van der Waals surface area contributed by atoms with Gasteiger partial charge in [0.15, 0.2) is 0 Å². The van der Waals surface area contributed by atoms with Crippen molar-refractivity contribution in [2.45, 2.75) is 56.3 Å². The van der Waals surface area contributed by atoms with Crippen LogP contribution in [0.4, 0.5) is 0 Å². The molecule has 0 spiro atoms. The largest absolute Gasteiger partial charge is 0.480 e. The van der Waals surface area contributed by atoms with Crippen LogP contribution in [0, 0.1) is 0 Å². The molecular formula is C29H38N6O5S. The van der Waals surface area contributed by atoms with Gasteiger partial charge >= 0.3 is 5.97 Å². The lowest BCUT2D eigenvalue weighted by Crippen LogP contribution is -2.58. The second-order valence-corrected chi connectivity index (χ2v) is 10.2. The lowest BCUT2D eigenvalue weighted by molar-refractivity contribution is -0.142. The van der Waals surface area contributed by atoms with Crippen molar-refractivity contribution in [3.05, 3.63) is 71.9 Å². The SMILES string of the molecule is NCCCCC(NC(=O)C(Cc1c[nH]c2ccccc12)NC(=O)C(CS)NC(=O)C(N)Cc1ccccc1)C(=O)O. The third-order valence-electron chi connectivity index (χ3n) is 6.74. The molecule has 0 radical (unpaired) electrons. The summed E-state index contributed by atoms with van der Waals surface area (Å²) in [7, 11) is 0. The van der Waals surface area contributed by atoms with Crippen LogP contribution < -0.4 is 27.4 Å².